The first-order valence-electron chi connectivity index (χ1n) is 7.48. The van der Waals surface area contributed by atoms with Crippen LogP contribution in [-0.2, 0) is 19.1 Å². The molecule has 1 fully saturated rings. The van der Waals surface area contributed by atoms with Crippen LogP contribution in [0.15, 0.2) is 11.6 Å². The lowest BCUT2D eigenvalue weighted by atomic mass is 9.68. The van der Waals surface area contributed by atoms with Crippen molar-refractivity contribution in [2.24, 2.45) is 5.41 Å². The second kappa shape index (κ2) is 5.74. The van der Waals surface area contributed by atoms with E-state index < -0.39 is 17.1 Å². The Morgan fingerprint density at radius 1 is 1.27 bits per heavy atom. The van der Waals surface area contributed by atoms with Crippen molar-refractivity contribution in [2.45, 2.75) is 45.6 Å². The molecule has 6 nitrogen and oxygen atoms in total. The van der Waals surface area contributed by atoms with E-state index in [2.05, 4.69) is 0 Å². The molecule has 1 amide bonds. The van der Waals surface area contributed by atoms with Crippen molar-refractivity contribution < 1.29 is 23.9 Å². The van der Waals surface area contributed by atoms with Crippen molar-refractivity contribution in [3.8, 4) is 0 Å². The Hall–Kier alpha value is -1.85. The number of carbonyl (C=O) groups excluding carboxylic acids is 3. The zero-order valence-corrected chi connectivity index (χ0v) is 13.6. The molecule has 1 heterocycles. The molecule has 122 valence electrons. The van der Waals surface area contributed by atoms with E-state index in [0.29, 0.717) is 25.8 Å². The van der Waals surface area contributed by atoms with Crippen molar-refractivity contribution in [3.63, 3.8) is 0 Å². The van der Waals surface area contributed by atoms with Gasteiger partial charge in [-0.2, -0.15) is 0 Å². The number of esters is 1. The first-order valence-corrected chi connectivity index (χ1v) is 7.48. The highest BCUT2D eigenvalue weighted by Crippen LogP contribution is 2.43. The molecule has 6 heteroatoms. The second-order valence-corrected chi connectivity index (χ2v) is 6.86. The standard InChI is InChI=1S/C16H23NO5/c1-15(2,3)22-14(20)17-8-6-11-9-12(18)5-7-16(11,10-17)13(19)21-4/h9H,5-8,10H2,1-4H3. The summed E-state index contributed by atoms with van der Waals surface area (Å²) in [6.07, 6.45) is 2.27. The van der Waals surface area contributed by atoms with Crippen LogP contribution >= 0.6 is 0 Å². The molecule has 1 saturated heterocycles. The predicted octanol–water partition coefficient (Wildman–Crippen LogP) is 2.08. The summed E-state index contributed by atoms with van der Waals surface area (Å²) >= 11 is 0. The summed E-state index contributed by atoms with van der Waals surface area (Å²) in [5.74, 6) is -0.361. The van der Waals surface area contributed by atoms with Gasteiger partial charge in [0.1, 0.15) is 11.0 Å². The molecule has 0 spiro atoms. The molecule has 1 atom stereocenters. The van der Waals surface area contributed by atoms with Crippen molar-refractivity contribution in [1.29, 1.82) is 0 Å². The van der Waals surface area contributed by atoms with Gasteiger partial charge in [0.2, 0.25) is 0 Å². The molecular weight excluding hydrogens is 286 g/mol. The van der Waals surface area contributed by atoms with Crippen LogP contribution in [0.1, 0.15) is 40.0 Å². The van der Waals surface area contributed by atoms with Gasteiger partial charge in [-0.3, -0.25) is 9.59 Å². The molecule has 0 radical (unpaired) electrons. The summed E-state index contributed by atoms with van der Waals surface area (Å²) in [7, 11) is 1.33. The molecule has 2 aliphatic rings. The highest BCUT2D eigenvalue weighted by Gasteiger charge is 2.50. The lowest BCUT2D eigenvalue weighted by molar-refractivity contribution is -0.153. The highest BCUT2D eigenvalue weighted by molar-refractivity contribution is 5.95. The normalized spacial score (nSPS) is 25.2. The van der Waals surface area contributed by atoms with Crippen LogP contribution in [0.3, 0.4) is 0 Å². The Balaban J connectivity index is 2.25. The number of fused-ring (bicyclic) bond motifs is 1. The van der Waals surface area contributed by atoms with Gasteiger partial charge in [0.05, 0.1) is 7.11 Å². The van der Waals surface area contributed by atoms with E-state index in [9.17, 15) is 14.4 Å². The van der Waals surface area contributed by atoms with Gasteiger partial charge >= 0.3 is 12.1 Å². The van der Waals surface area contributed by atoms with Crippen LogP contribution in [-0.4, -0.2) is 48.5 Å². The number of piperidine rings is 1. The number of carbonyl (C=O) groups is 3. The molecule has 1 unspecified atom stereocenters. The molecule has 0 aromatic heterocycles. The summed E-state index contributed by atoms with van der Waals surface area (Å²) < 4.78 is 10.3. The number of allylic oxidation sites excluding steroid dienone is 1. The van der Waals surface area contributed by atoms with Crippen LogP contribution in [0, 0.1) is 5.41 Å². The second-order valence-electron chi connectivity index (χ2n) is 6.86. The summed E-state index contributed by atoms with van der Waals surface area (Å²) in [5, 5.41) is 0. The lowest BCUT2D eigenvalue weighted by Crippen LogP contribution is -2.53. The molecule has 2 rings (SSSR count). The van der Waals surface area contributed by atoms with Gasteiger partial charge in [0.15, 0.2) is 5.78 Å². The fraction of sp³-hybridized carbons (Fsp3) is 0.688. The van der Waals surface area contributed by atoms with Crippen LogP contribution in [0.2, 0.25) is 0 Å². The van der Waals surface area contributed by atoms with E-state index in [1.165, 1.54) is 12.0 Å². The van der Waals surface area contributed by atoms with Gasteiger partial charge in [-0.1, -0.05) is 0 Å². The first-order chi connectivity index (χ1) is 10.2. The monoisotopic (exact) mass is 309 g/mol. The summed E-state index contributed by atoms with van der Waals surface area (Å²) in [6.45, 7) is 6.04. The van der Waals surface area contributed by atoms with Gasteiger partial charge in [-0.25, -0.2) is 4.79 Å². The Kier molecular flexibility index (Phi) is 4.31. The minimum Gasteiger partial charge on any atom is -0.468 e. The third-order valence-corrected chi connectivity index (χ3v) is 4.09. The molecule has 0 saturated carbocycles. The van der Waals surface area contributed by atoms with Crippen LogP contribution < -0.4 is 0 Å². The summed E-state index contributed by atoms with van der Waals surface area (Å²) in [6, 6.07) is 0. The van der Waals surface area contributed by atoms with Crippen molar-refractivity contribution in [3.05, 3.63) is 11.6 Å². The number of rotatable bonds is 1. The third kappa shape index (κ3) is 3.15. The Bertz CT molecular complexity index is 531. The summed E-state index contributed by atoms with van der Waals surface area (Å²) in [5.41, 5.74) is -0.721. The number of amides is 1. The number of ether oxygens (including phenoxy) is 2. The van der Waals surface area contributed by atoms with Crippen molar-refractivity contribution in [1.82, 2.24) is 4.90 Å². The molecule has 0 aromatic rings. The fourth-order valence-electron chi connectivity index (χ4n) is 3.03. The van der Waals surface area contributed by atoms with E-state index in [-0.39, 0.29) is 18.3 Å². The molecule has 1 aliphatic carbocycles. The first kappa shape index (κ1) is 16.5. The van der Waals surface area contributed by atoms with Crippen molar-refractivity contribution >= 4 is 17.8 Å². The van der Waals surface area contributed by atoms with E-state index in [1.54, 1.807) is 26.8 Å². The summed E-state index contributed by atoms with van der Waals surface area (Å²) in [4.78, 5) is 37.8. The number of methoxy groups -OCH3 is 1. The Morgan fingerprint density at radius 2 is 1.95 bits per heavy atom. The van der Waals surface area contributed by atoms with E-state index in [0.717, 1.165) is 5.57 Å². The number of likely N-dealkylation sites (tertiary alicyclic amines) is 1. The Labute approximate surface area is 130 Å². The van der Waals surface area contributed by atoms with E-state index in [1.807, 2.05) is 0 Å². The van der Waals surface area contributed by atoms with Gasteiger partial charge < -0.3 is 14.4 Å². The number of hydrogen-bond donors (Lipinski definition) is 0. The zero-order valence-electron chi connectivity index (χ0n) is 13.6. The van der Waals surface area contributed by atoms with E-state index in [4.69, 9.17) is 9.47 Å². The third-order valence-electron chi connectivity index (χ3n) is 4.09. The lowest BCUT2D eigenvalue weighted by Gasteiger charge is -2.44. The van der Waals surface area contributed by atoms with Crippen molar-refractivity contribution in [2.75, 3.05) is 20.2 Å². The van der Waals surface area contributed by atoms with Crippen LogP contribution in [0.4, 0.5) is 4.79 Å². The number of nitrogens with zero attached hydrogens (tertiary/aromatic N) is 1. The molecule has 22 heavy (non-hydrogen) atoms. The van der Waals surface area contributed by atoms with E-state index >= 15 is 0 Å². The minimum atomic E-state index is -0.905. The quantitative estimate of drug-likeness (QED) is 0.693. The average Bonchev–Trinajstić information content (AvgIpc) is 2.44. The fourth-order valence-corrected chi connectivity index (χ4v) is 3.03. The maximum atomic E-state index is 12.3. The van der Waals surface area contributed by atoms with Crippen LogP contribution in [0.25, 0.3) is 0 Å². The maximum Gasteiger partial charge on any atom is 0.410 e. The minimum absolute atomic E-state index is 0.0280. The van der Waals surface area contributed by atoms with Gasteiger partial charge in [-0.05, 0) is 45.3 Å². The topological polar surface area (TPSA) is 72.9 Å². The SMILES string of the molecule is COC(=O)C12CCC(=O)C=C1CCN(C(=O)OC(C)(C)C)C2. The average molecular weight is 309 g/mol. The zero-order chi connectivity index (χ0) is 16.5. The number of hydrogen-bond acceptors (Lipinski definition) is 5. The molecule has 1 aliphatic heterocycles. The predicted molar refractivity (Wildman–Crippen MR) is 79.2 cm³/mol. The highest BCUT2D eigenvalue weighted by atomic mass is 16.6. The van der Waals surface area contributed by atoms with Gasteiger partial charge in [0, 0.05) is 19.5 Å². The van der Waals surface area contributed by atoms with Gasteiger partial charge in [0.25, 0.3) is 0 Å². The molecular formula is C16H23NO5. The molecule has 0 N–H and O–H groups in total. The largest absolute Gasteiger partial charge is 0.468 e. The smallest absolute Gasteiger partial charge is 0.410 e. The Morgan fingerprint density at radius 3 is 2.55 bits per heavy atom. The number of ketones is 1. The van der Waals surface area contributed by atoms with Crippen LogP contribution in [0.5, 0.6) is 0 Å². The maximum absolute atomic E-state index is 12.3. The van der Waals surface area contributed by atoms with Gasteiger partial charge in [-0.15, -0.1) is 0 Å². The molecule has 0 bridgehead atoms. The molecule has 0 aromatic carbocycles.